The molecule has 2 aliphatic rings. The van der Waals surface area contributed by atoms with Crippen LogP contribution in [0.4, 0.5) is 4.79 Å². The second-order valence-electron chi connectivity index (χ2n) is 6.91. The van der Waals surface area contributed by atoms with E-state index in [0.29, 0.717) is 5.25 Å². The number of aryl methyl sites for hydroxylation is 1. The van der Waals surface area contributed by atoms with Crippen LogP contribution in [-0.4, -0.2) is 49.3 Å². The number of nitrogens with zero attached hydrogens (tertiary/aromatic N) is 4. The first-order chi connectivity index (χ1) is 11.0. The van der Waals surface area contributed by atoms with Crippen LogP contribution < -0.4 is 5.32 Å². The van der Waals surface area contributed by atoms with Crippen LogP contribution in [-0.2, 0) is 13.0 Å². The zero-order chi connectivity index (χ0) is 16.6. The molecule has 1 aromatic rings. The molecule has 3 rings (SSSR count). The van der Waals surface area contributed by atoms with E-state index in [0.717, 1.165) is 43.3 Å². The molecule has 23 heavy (non-hydrogen) atoms. The van der Waals surface area contributed by atoms with Crippen molar-refractivity contribution in [1.29, 1.82) is 0 Å². The predicted octanol–water partition coefficient (Wildman–Crippen LogP) is 2.46. The maximum absolute atomic E-state index is 12.8. The van der Waals surface area contributed by atoms with E-state index < -0.39 is 0 Å². The third-order valence-electron chi connectivity index (χ3n) is 5.01. The van der Waals surface area contributed by atoms with Gasteiger partial charge in [0.15, 0.2) is 5.82 Å². The number of fused-ring (bicyclic) bond motifs is 1. The summed E-state index contributed by atoms with van der Waals surface area (Å²) in [6.45, 7) is 10.4. The highest BCUT2D eigenvalue weighted by Gasteiger charge is 2.33. The van der Waals surface area contributed by atoms with Gasteiger partial charge in [-0.2, -0.15) is 11.8 Å². The maximum atomic E-state index is 12.8. The van der Waals surface area contributed by atoms with E-state index in [2.05, 4.69) is 47.8 Å². The standard InChI is InChI=1S/C16H27N5OS/c1-10(2)14(15-19-18-13-6-5-7-21(13)15)17-16(22)20-8-9-23-12(4)11(20)3/h10-12,14H,5-9H2,1-4H3,(H,17,22)/t11-,12-,14-/m0/s1. The lowest BCUT2D eigenvalue weighted by atomic mass is 10.0. The van der Waals surface area contributed by atoms with Crippen molar-refractivity contribution in [2.45, 2.75) is 64.4 Å². The van der Waals surface area contributed by atoms with Crippen molar-refractivity contribution < 1.29 is 4.79 Å². The molecule has 0 bridgehead atoms. The van der Waals surface area contributed by atoms with E-state index in [4.69, 9.17) is 0 Å². The van der Waals surface area contributed by atoms with Crippen molar-refractivity contribution in [1.82, 2.24) is 25.0 Å². The Kier molecular flexibility index (Phi) is 4.85. The van der Waals surface area contributed by atoms with Gasteiger partial charge in [0.1, 0.15) is 5.82 Å². The lowest BCUT2D eigenvalue weighted by Crippen LogP contribution is -2.53. The molecule has 0 saturated carbocycles. The van der Waals surface area contributed by atoms with E-state index >= 15 is 0 Å². The number of hydrogen-bond donors (Lipinski definition) is 1. The summed E-state index contributed by atoms with van der Waals surface area (Å²) in [5.41, 5.74) is 0. The Morgan fingerprint density at radius 2 is 2.09 bits per heavy atom. The van der Waals surface area contributed by atoms with Crippen LogP contribution >= 0.6 is 11.8 Å². The zero-order valence-corrected chi connectivity index (χ0v) is 15.3. The van der Waals surface area contributed by atoms with Gasteiger partial charge >= 0.3 is 6.03 Å². The summed E-state index contributed by atoms with van der Waals surface area (Å²) in [4.78, 5) is 14.8. The lowest BCUT2D eigenvalue weighted by Gasteiger charge is -2.38. The molecule has 2 aliphatic heterocycles. The Bertz CT molecular complexity index is 573. The van der Waals surface area contributed by atoms with Gasteiger partial charge in [-0.3, -0.25) is 0 Å². The van der Waals surface area contributed by atoms with Crippen LogP contribution in [0.3, 0.4) is 0 Å². The van der Waals surface area contributed by atoms with E-state index in [1.807, 2.05) is 16.7 Å². The lowest BCUT2D eigenvalue weighted by molar-refractivity contribution is 0.172. The molecule has 2 amide bonds. The molecule has 1 N–H and O–H groups in total. The summed E-state index contributed by atoms with van der Waals surface area (Å²) in [6.07, 6.45) is 2.11. The first-order valence-corrected chi connectivity index (χ1v) is 9.64. The molecule has 0 radical (unpaired) electrons. The van der Waals surface area contributed by atoms with Gasteiger partial charge in [0.2, 0.25) is 0 Å². The molecule has 128 valence electrons. The van der Waals surface area contributed by atoms with Crippen molar-refractivity contribution in [3.63, 3.8) is 0 Å². The summed E-state index contributed by atoms with van der Waals surface area (Å²) in [6, 6.07) is 0.198. The first kappa shape index (κ1) is 16.6. The summed E-state index contributed by atoms with van der Waals surface area (Å²) in [5.74, 6) is 3.25. The summed E-state index contributed by atoms with van der Waals surface area (Å²) in [7, 11) is 0. The highest BCUT2D eigenvalue weighted by Crippen LogP contribution is 2.27. The van der Waals surface area contributed by atoms with Crippen LogP contribution in [0.5, 0.6) is 0 Å². The van der Waals surface area contributed by atoms with E-state index in [-0.39, 0.29) is 24.0 Å². The molecular weight excluding hydrogens is 310 g/mol. The minimum Gasteiger partial charge on any atom is -0.328 e. The van der Waals surface area contributed by atoms with Crippen LogP contribution in [0.15, 0.2) is 0 Å². The Labute approximate surface area is 142 Å². The van der Waals surface area contributed by atoms with Gasteiger partial charge in [-0.25, -0.2) is 4.79 Å². The molecular formula is C16H27N5OS. The van der Waals surface area contributed by atoms with E-state index in [1.165, 1.54) is 0 Å². The van der Waals surface area contributed by atoms with Gasteiger partial charge < -0.3 is 14.8 Å². The van der Waals surface area contributed by atoms with Gasteiger partial charge in [0, 0.05) is 36.6 Å². The Morgan fingerprint density at radius 1 is 1.30 bits per heavy atom. The fourth-order valence-electron chi connectivity index (χ4n) is 3.37. The van der Waals surface area contributed by atoms with Gasteiger partial charge in [0.25, 0.3) is 0 Å². The minimum atomic E-state index is -0.0843. The fraction of sp³-hybridized carbons (Fsp3) is 0.812. The average Bonchev–Trinajstić information content (AvgIpc) is 3.10. The molecule has 1 saturated heterocycles. The molecule has 3 atom stereocenters. The quantitative estimate of drug-likeness (QED) is 0.920. The normalized spacial score (nSPS) is 25.5. The molecule has 0 unspecified atom stereocenters. The van der Waals surface area contributed by atoms with E-state index in [1.54, 1.807) is 0 Å². The maximum Gasteiger partial charge on any atom is 0.318 e. The number of rotatable bonds is 3. The summed E-state index contributed by atoms with van der Waals surface area (Å²) >= 11 is 1.94. The molecule has 0 aromatic carbocycles. The number of thioether (sulfide) groups is 1. The van der Waals surface area contributed by atoms with Gasteiger partial charge in [-0.1, -0.05) is 20.8 Å². The largest absolute Gasteiger partial charge is 0.328 e. The minimum absolute atomic E-state index is 0.0266. The van der Waals surface area contributed by atoms with Crippen molar-refractivity contribution in [3.8, 4) is 0 Å². The molecule has 1 aromatic heterocycles. The topological polar surface area (TPSA) is 63.1 Å². The Balaban J connectivity index is 1.76. The number of aromatic nitrogens is 3. The van der Waals surface area contributed by atoms with Gasteiger partial charge in [0.05, 0.1) is 6.04 Å². The molecule has 1 fully saturated rings. The Hall–Kier alpha value is -1.24. The third-order valence-corrected chi connectivity index (χ3v) is 6.34. The fourth-order valence-corrected chi connectivity index (χ4v) is 4.47. The van der Waals surface area contributed by atoms with Crippen molar-refractivity contribution in [3.05, 3.63) is 11.6 Å². The highest BCUT2D eigenvalue weighted by atomic mass is 32.2. The second-order valence-corrected chi connectivity index (χ2v) is 8.40. The number of carbonyl (C=O) groups excluding carboxylic acids is 1. The van der Waals surface area contributed by atoms with Gasteiger partial charge in [-0.05, 0) is 19.3 Å². The second kappa shape index (κ2) is 6.71. The molecule has 6 nitrogen and oxygen atoms in total. The SMILES string of the molecule is CC(C)[C@H](NC(=O)N1CCS[C@@H](C)[C@@H]1C)c1nnc2n1CCC2. The number of urea groups is 1. The summed E-state index contributed by atoms with van der Waals surface area (Å²) in [5, 5.41) is 12.4. The van der Waals surface area contributed by atoms with Crippen LogP contribution in [0.2, 0.25) is 0 Å². The zero-order valence-electron chi connectivity index (χ0n) is 14.5. The smallest absolute Gasteiger partial charge is 0.318 e. The van der Waals surface area contributed by atoms with E-state index in [9.17, 15) is 4.79 Å². The van der Waals surface area contributed by atoms with Crippen LogP contribution in [0.25, 0.3) is 0 Å². The summed E-state index contributed by atoms with van der Waals surface area (Å²) < 4.78 is 2.18. The van der Waals surface area contributed by atoms with Crippen molar-refractivity contribution in [2.75, 3.05) is 12.3 Å². The molecule has 0 aliphatic carbocycles. The number of nitrogens with one attached hydrogen (secondary N) is 1. The molecule has 3 heterocycles. The number of carbonyl (C=O) groups is 1. The molecule has 0 spiro atoms. The van der Waals surface area contributed by atoms with Gasteiger partial charge in [-0.15, -0.1) is 10.2 Å². The number of hydrogen-bond acceptors (Lipinski definition) is 4. The van der Waals surface area contributed by atoms with Crippen LogP contribution in [0.1, 0.15) is 51.8 Å². The van der Waals surface area contributed by atoms with Crippen molar-refractivity contribution in [2.24, 2.45) is 5.92 Å². The highest BCUT2D eigenvalue weighted by molar-refractivity contribution is 8.00. The first-order valence-electron chi connectivity index (χ1n) is 8.59. The molecule has 7 heteroatoms. The predicted molar refractivity (Wildman–Crippen MR) is 92.5 cm³/mol. The monoisotopic (exact) mass is 337 g/mol. The van der Waals surface area contributed by atoms with Crippen LogP contribution in [0, 0.1) is 5.92 Å². The number of amides is 2. The average molecular weight is 337 g/mol. The Morgan fingerprint density at radius 3 is 2.83 bits per heavy atom. The van der Waals surface area contributed by atoms with Crippen molar-refractivity contribution >= 4 is 17.8 Å². The third kappa shape index (κ3) is 3.20.